The highest BCUT2D eigenvalue weighted by atomic mass is 35.5. The molecule has 1 amide bonds. The Labute approximate surface area is 111 Å². The van der Waals surface area contributed by atoms with Gasteiger partial charge in [0.05, 0.1) is 11.6 Å². The number of carbonyl (C=O) groups excluding carboxylic acids is 1. The van der Waals surface area contributed by atoms with Gasteiger partial charge in [0.25, 0.3) is 0 Å². The molecule has 0 aliphatic heterocycles. The molecule has 2 rings (SSSR count). The summed E-state index contributed by atoms with van der Waals surface area (Å²) >= 11 is 5.80. The molecule has 5 nitrogen and oxygen atoms in total. The number of carbonyl (C=O) groups is 1. The molecular weight excluding hydrogens is 276 g/mol. The summed E-state index contributed by atoms with van der Waals surface area (Å²) in [6, 6.07) is 6.30. The van der Waals surface area contributed by atoms with E-state index in [0.717, 1.165) is 12.8 Å². The molecule has 0 radical (unpaired) electrons. The quantitative estimate of drug-likeness (QED) is 0.845. The van der Waals surface area contributed by atoms with E-state index in [1.165, 1.54) is 12.1 Å². The van der Waals surface area contributed by atoms with Crippen LogP contribution < -0.4 is 10.0 Å². The van der Waals surface area contributed by atoms with E-state index in [4.69, 9.17) is 11.6 Å². The van der Waals surface area contributed by atoms with Crippen molar-refractivity contribution < 1.29 is 13.2 Å². The van der Waals surface area contributed by atoms with Crippen LogP contribution in [0, 0.1) is 0 Å². The summed E-state index contributed by atoms with van der Waals surface area (Å²) in [6.45, 7) is -0.274. The molecule has 0 atom stereocenters. The number of rotatable bonds is 5. The zero-order valence-corrected chi connectivity index (χ0v) is 11.1. The first-order valence-corrected chi connectivity index (χ1v) is 7.39. The Kier molecular flexibility index (Phi) is 3.89. The van der Waals surface area contributed by atoms with Crippen molar-refractivity contribution in [3.8, 4) is 0 Å². The fourth-order valence-corrected chi connectivity index (χ4v) is 2.91. The lowest BCUT2D eigenvalue weighted by Crippen LogP contribution is -2.37. The molecule has 0 spiro atoms. The summed E-state index contributed by atoms with van der Waals surface area (Å²) in [6.07, 6.45) is 1.92. The van der Waals surface area contributed by atoms with Gasteiger partial charge in [0.15, 0.2) is 0 Å². The van der Waals surface area contributed by atoms with Gasteiger partial charge in [0, 0.05) is 6.04 Å². The van der Waals surface area contributed by atoms with Gasteiger partial charge < -0.3 is 5.32 Å². The minimum absolute atomic E-state index is 0.0223. The first kappa shape index (κ1) is 13.3. The number of hydrogen-bond acceptors (Lipinski definition) is 3. The van der Waals surface area contributed by atoms with Crippen LogP contribution in [-0.2, 0) is 14.8 Å². The Morgan fingerprint density at radius 1 is 1.33 bits per heavy atom. The van der Waals surface area contributed by atoms with Crippen molar-refractivity contribution in [3.05, 3.63) is 29.3 Å². The van der Waals surface area contributed by atoms with Gasteiger partial charge in [0.2, 0.25) is 15.9 Å². The second-order valence-electron chi connectivity index (χ2n) is 4.10. The van der Waals surface area contributed by atoms with Crippen molar-refractivity contribution in [1.29, 1.82) is 0 Å². The Morgan fingerprint density at radius 3 is 2.61 bits per heavy atom. The van der Waals surface area contributed by atoms with Crippen LogP contribution in [-0.4, -0.2) is 26.9 Å². The number of sulfonamides is 1. The molecule has 1 fully saturated rings. The summed E-state index contributed by atoms with van der Waals surface area (Å²) in [7, 11) is -3.74. The van der Waals surface area contributed by atoms with E-state index in [-0.39, 0.29) is 28.4 Å². The molecule has 1 aliphatic carbocycles. The first-order chi connectivity index (χ1) is 8.49. The van der Waals surface area contributed by atoms with Gasteiger partial charge in [0.1, 0.15) is 4.90 Å². The lowest BCUT2D eigenvalue weighted by molar-refractivity contribution is -0.120. The number of halogens is 1. The largest absolute Gasteiger partial charge is 0.352 e. The molecule has 0 aromatic heterocycles. The van der Waals surface area contributed by atoms with Crippen molar-refractivity contribution in [1.82, 2.24) is 10.0 Å². The van der Waals surface area contributed by atoms with E-state index in [1.54, 1.807) is 12.1 Å². The van der Waals surface area contributed by atoms with Gasteiger partial charge in [-0.05, 0) is 25.0 Å². The normalized spacial score (nSPS) is 15.4. The molecule has 0 heterocycles. The molecule has 1 saturated carbocycles. The van der Waals surface area contributed by atoms with Crippen LogP contribution in [0.2, 0.25) is 5.02 Å². The van der Waals surface area contributed by atoms with E-state index in [9.17, 15) is 13.2 Å². The van der Waals surface area contributed by atoms with E-state index < -0.39 is 10.0 Å². The van der Waals surface area contributed by atoms with Crippen LogP contribution in [0.15, 0.2) is 29.2 Å². The molecule has 1 aromatic carbocycles. The monoisotopic (exact) mass is 288 g/mol. The van der Waals surface area contributed by atoms with Crippen LogP contribution in [0.5, 0.6) is 0 Å². The van der Waals surface area contributed by atoms with Crippen LogP contribution >= 0.6 is 11.6 Å². The Bertz CT molecular complexity index is 555. The number of nitrogens with one attached hydrogen (secondary N) is 2. The predicted molar refractivity (Wildman–Crippen MR) is 67.8 cm³/mol. The maximum Gasteiger partial charge on any atom is 0.242 e. The lowest BCUT2D eigenvalue weighted by Gasteiger charge is -2.08. The maximum atomic E-state index is 11.9. The Morgan fingerprint density at radius 2 is 2.00 bits per heavy atom. The summed E-state index contributed by atoms with van der Waals surface area (Å²) in [5.41, 5.74) is 0. The second kappa shape index (κ2) is 5.26. The minimum Gasteiger partial charge on any atom is -0.352 e. The fourth-order valence-electron chi connectivity index (χ4n) is 1.41. The van der Waals surface area contributed by atoms with E-state index in [0.29, 0.717) is 0 Å². The van der Waals surface area contributed by atoms with Gasteiger partial charge in [-0.1, -0.05) is 23.7 Å². The van der Waals surface area contributed by atoms with Crippen LogP contribution in [0.4, 0.5) is 0 Å². The Hall–Kier alpha value is -1.11. The molecule has 0 bridgehead atoms. The Balaban J connectivity index is 1.98. The molecule has 18 heavy (non-hydrogen) atoms. The van der Waals surface area contributed by atoms with Crippen molar-refractivity contribution in [2.75, 3.05) is 6.54 Å². The van der Waals surface area contributed by atoms with Gasteiger partial charge in [-0.15, -0.1) is 0 Å². The highest BCUT2D eigenvalue weighted by Crippen LogP contribution is 2.20. The molecule has 98 valence electrons. The van der Waals surface area contributed by atoms with Crippen LogP contribution in [0.3, 0.4) is 0 Å². The number of benzene rings is 1. The van der Waals surface area contributed by atoms with E-state index in [1.807, 2.05) is 0 Å². The standard InChI is InChI=1S/C11H13ClN2O3S/c12-9-3-1-2-4-10(9)18(16,17)13-7-11(15)14-8-5-6-8/h1-4,8,13H,5-7H2,(H,14,15). The average Bonchev–Trinajstić information content (AvgIpc) is 3.11. The summed E-state index contributed by atoms with van der Waals surface area (Å²) < 4.78 is 26.0. The molecule has 7 heteroatoms. The van der Waals surface area contributed by atoms with Crippen molar-refractivity contribution >= 4 is 27.5 Å². The number of amides is 1. The third-order valence-electron chi connectivity index (χ3n) is 2.49. The molecule has 1 aromatic rings. The summed E-state index contributed by atoms with van der Waals surface area (Å²) in [5.74, 6) is -0.326. The van der Waals surface area contributed by atoms with E-state index >= 15 is 0 Å². The van der Waals surface area contributed by atoms with E-state index in [2.05, 4.69) is 10.0 Å². The van der Waals surface area contributed by atoms with Gasteiger partial charge >= 0.3 is 0 Å². The minimum atomic E-state index is -3.74. The highest BCUT2D eigenvalue weighted by molar-refractivity contribution is 7.89. The van der Waals surface area contributed by atoms with Gasteiger partial charge in [-0.25, -0.2) is 13.1 Å². The average molecular weight is 289 g/mol. The SMILES string of the molecule is O=C(CNS(=O)(=O)c1ccccc1Cl)NC1CC1. The zero-order chi connectivity index (χ0) is 13.2. The smallest absolute Gasteiger partial charge is 0.242 e. The number of hydrogen-bond donors (Lipinski definition) is 2. The molecular formula is C11H13ClN2O3S. The van der Waals surface area contributed by atoms with Gasteiger partial charge in [-0.2, -0.15) is 0 Å². The third kappa shape index (κ3) is 3.44. The fraction of sp³-hybridized carbons (Fsp3) is 0.364. The third-order valence-corrected chi connectivity index (χ3v) is 4.39. The topological polar surface area (TPSA) is 75.3 Å². The summed E-state index contributed by atoms with van der Waals surface area (Å²) in [5, 5.41) is 2.83. The maximum absolute atomic E-state index is 11.9. The van der Waals surface area contributed by atoms with Crippen molar-refractivity contribution in [2.24, 2.45) is 0 Å². The summed E-state index contributed by atoms with van der Waals surface area (Å²) in [4.78, 5) is 11.4. The first-order valence-electron chi connectivity index (χ1n) is 5.52. The van der Waals surface area contributed by atoms with Crippen LogP contribution in [0.25, 0.3) is 0 Å². The molecule has 2 N–H and O–H groups in total. The molecule has 0 saturated heterocycles. The van der Waals surface area contributed by atoms with Gasteiger partial charge in [-0.3, -0.25) is 4.79 Å². The second-order valence-corrected chi connectivity index (χ2v) is 6.24. The van der Waals surface area contributed by atoms with Crippen molar-refractivity contribution in [2.45, 2.75) is 23.8 Å². The predicted octanol–water partition coefficient (Wildman–Crippen LogP) is 0.897. The molecule has 1 aliphatic rings. The lowest BCUT2D eigenvalue weighted by atomic mass is 10.4. The molecule has 0 unspecified atom stereocenters. The zero-order valence-electron chi connectivity index (χ0n) is 9.52. The van der Waals surface area contributed by atoms with Crippen molar-refractivity contribution in [3.63, 3.8) is 0 Å². The highest BCUT2D eigenvalue weighted by Gasteiger charge is 2.24. The van der Waals surface area contributed by atoms with Crippen LogP contribution in [0.1, 0.15) is 12.8 Å².